The van der Waals surface area contributed by atoms with Crippen molar-refractivity contribution >= 4 is 11.9 Å². The average Bonchev–Trinajstić information content (AvgIpc) is 2.29. The number of ether oxygens (including phenoxy) is 1. The molecular formula is C12H13NO3. The lowest BCUT2D eigenvalue weighted by molar-refractivity contribution is -0.170. The first-order valence-corrected chi connectivity index (χ1v) is 5.07. The molecule has 1 amide bonds. The minimum atomic E-state index is -0.984. The third-order valence-corrected chi connectivity index (χ3v) is 2.67. The fourth-order valence-corrected chi connectivity index (χ4v) is 1.82. The molecule has 84 valence electrons. The topological polar surface area (TPSA) is 46.6 Å². The zero-order chi connectivity index (χ0) is 11.8. The summed E-state index contributed by atoms with van der Waals surface area (Å²) in [6, 6.07) is 8.67. The number of likely N-dealkylation sites (tertiary alicyclic amines) is 1. The van der Waals surface area contributed by atoms with Gasteiger partial charge in [-0.15, -0.1) is 0 Å². The van der Waals surface area contributed by atoms with E-state index in [1.807, 2.05) is 6.07 Å². The molecule has 1 fully saturated rings. The van der Waals surface area contributed by atoms with E-state index in [9.17, 15) is 9.59 Å². The van der Waals surface area contributed by atoms with Gasteiger partial charge in [0.25, 0.3) is 5.91 Å². The summed E-state index contributed by atoms with van der Waals surface area (Å²) in [5, 5.41) is 0. The Kier molecular flexibility index (Phi) is 2.42. The molecule has 0 aromatic heterocycles. The highest BCUT2D eigenvalue weighted by atomic mass is 16.6. The molecule has 0 unspecified atom stereocenters. The maximum atomic E-state index is 11.7. The average molecular weight is 219 g/mol. The Labute approximate surface area is 93.8 Å². The van der Waals surface area contributed by atoms with Gasteiger partial charge in [0.1, 0.15) is 0 Å². The molecule has 0 radical (unpaired) electrons. The summed E-state index contributed by atoms with van der Waals surface area (Å²) >= 11 is 0. The molecule has 2 rings (SSSR count). The summed E-state index contributed by atoms with van der Waals surface area (Å²) in [5.41, 5.74) is -0.520. The van der Waals surface area contributed by atoms with Gasteiger partial charge in [0.15, 0.2) is 0 Å². The molecule has 0 bridgehead atoms. The number of hydrogen-bond acceptors (Lipinski definition) is 3. The molecule has 0 saturated carbocycles. The molecule has 16 heavy (non-hydrogen) atoms. The zero-order valence-corrected chi connectivity index (χ0v) is 9.27. The minimum Gasteiger partial charge on any atom is -0.444 e. The van der Waals surface area contributed by atoms with Gasteiger partial charge >= 0.3 is 5.97 Å². The molecule has 1 aromatic carbocycles. The first kappa shape index (κ1) is 10.7. The van der Waals surface area contributed by atoms with Gasteiger partial charge < -0.3 is 9.64 Å². The van der Waals surface area contributed by atoms with Crippen LogP contribution in [0, 0.1) is 0 Å². The summed E-state index contributed by atoms with van der Waals surface area (Å²) < 4.78 is 5.21. The fraction of sp³-hybridized carbons (Fsp3) is 0.333. The summed E-state index contributed by atoms with van der Waals surface area (Å²) in [6.07, 6.45) is 0. The van der Waals surface area contributed by atoms with Gasteiger partial charge in [-0.2, -0.15) is 0 Å². The normalized spacial score (nSPS) is 23.9. The van der Waals surface area contributed by atoms with Crippen LogP contribution in [-0.2, 0) is 9.53 Å². The Balaban J connectivity index is 2.07. The van der Waals surface area contributed by atoms with Crippen LogP contribution in [-0.4, -0.2) is 36.0 Å². The van der Waals surface area contributed by atoms with Crippen molar-refractivity contribution in [2.75, 3.05) is 13.6 Å². The summed E-state index contributed by atoms with van der Waals surface area (Å²) in [4.78, 5) is 24.7. The van der Waals surface area contributed by atoms with Crippen molar-refractivity contribution in [1.82, 2.24) is 4.90 Å². The van der Waals surface area contributed by atoms with Crippen molar-refractivity contribution in [3.8, 4) is 0 Å². The molecule has 1 aromatic rings. The van der Waals surface area contributed by atoms with Gasteiger partial charge in [-0.05, 0) is 19.1 Å². The molecule has 0 spiro atoms. The van der Waals surface area contributed by atoms with Gasteiger partial charge in [0, 0.05) is 7.05 Å². The summed E-state index contributed by atoms with van der Waals surface area (Å²) in [7, 11) is 1.68. The van der Waals surface area contributed by atoms with E-state index in [2.05, 4.69) is 0 Å². The molecule has 0 N–H and O–H groups in total. The second-order valence-electron chi connectivity index (χ2n) is 4.15. The van der Waals surface area contributed by atoms with Crippen molar-refractivity contribution in [2.24, 2.45) is 0 Å². The van der Waals surface area contributed by atoms with Crippen LogP contribution in [0.25, 0.3) is 0 Å². The number of likely N-dealkylation sites (N-methyl/N-ethyl adjacent to an activating group) is 1. The predicted molar refractivity (Wildman–Crippen MR) is 57.9 cm³/mol. The van der Waals surface area contributed by atoms with Crippen LogP contribution in [0.15, 0.2) is 30.3 Å². The molecule has 1 saturated heterocycles. The molecule has 0 aliphatic carbocycles. The van der Waals surface area contributed by atoms with Crippen LogP contribution in [0.5, 0.6) is 0 Å². The Morgan fingerprint density at radius 1 is 1.38 bits per heavy atom. The van der Waals surface area contributed by atoms with Crippen LogP contribution in [0.4, 0.5) is 0 Å². The highest BCUT2D eigenvalue weighted by molar-refractivity contribution is 5.96. The molecular weight excluding hydrogens is 206 g/mol. The molecule has 1 aliphatic rings. The lowest BCUT2D eigenvalue weighted by atomic mass is 9.96. The Hall–Kier alpha value is -1.84. The van der Waals surface area contributed by atoms with Crippen LogP contribution >= 0.6 is 0 Å². The maximum Gasteiger partial charge on any atom is 0.339 e. The van der Waals surface area contributed by atoms with E-state index >= 15 is 0 Å². The van der Waals surface area contributed by atoms with Crippen molar-refractivity contribution in [3.63, 3.8) is 0 Å². The molecule has 1 aliphatic heterocycles. The van der Waals surface area contributed by atoms with E-state index in [0.29, 0.717) is 12.1 Å². The van der Waals surface area contributed by atoms with E-state index in [-0.39, 0.29) is 5.91 Å². The van der Waals surface area contributed by atoms with Crippen molar-refractivity contribution in [1.29, 1.82) is 0 Å². The van der Waals surface area contributed by atoms with E-state index in [1.165, 1.54) is 4.90 Å². The van der Waals surface area contributed by atoms with Gasteiger partial charge in [-0.1, -0.05) is 18.2 Å². The van der Waals surface area contributed by atoms with Crippen LogP contribution < -0.4 is 0 Å². The van der Waals surface area contributed by atoms with Crippen LogP contribution in [0.1, 0.15) is 17.3 Å². The third kappa shape index (κ3) is 1.66. The van der Waals surface area contributed by atoms with Gasteiger partial charge in [-0.25, -0.2) is 4.79 Å². The van der Waals surface area contributed by atoms with Gasteiger partial charge in [0.05, 0.1) is 12.1 Å². The summed E-state index contributed by atoms with van der Waals surface area (Å²) in [6.45, 7) is 2.08. The number of hydrogen-bond donors (Lipinski definition) is 0. The monoisotopic (exact) mass is 219 g/mol. The number of carbonyl (C=O) groups is 2. The van der Waals surface area contributed by atoms with Crippen LogP contribution in [0.3, 0.4) is 0 Å². The van der Waals surface area contributed by atoms with E-state index in [4.69, 9.17) is 4.74 Å². The number of nitrogens with zero attached hydrogens (tertiary/aromatic N) is 1. The van der Waals surface area contributed by atoms with Crippen molar-refractivity contribution in [2.45, 2.75) is 12.5 Å². The first-order valence-electron chi connectivity index (χ1n) is 5.07. The van der Waals surface area contributed by atoms with E-state index in [0.717, 1.165) is 0 Å². The Bertz CT molecular complexity index is 429. The molecule has 1 heterocycles. The lowest BCUT2D eigenvalue weighted by Gasteiger charge is -2.43. The largest absolute Gasteiger partial charge is 0.444 e. The standard InChI is InChI=1S/C12H13NO3/c1-12(8-13(2)11(12)15)16-10(14)9-6-4-3-5-7-9/h3-7H,8H2,1-2H3/t12-/m1/s1. The molecule has 4 nitrogen and oxygen atoms in total. The second-order valence-corrected chi connectivity index (χ2v) is 4.15. The smallest absolute Gasteiger partial charge is 0.339 e. The number of rotatable bonds is 2. The SMILES string of the molecule is CN1C[C@@](C)(OC(=O)c2ccccc2)C1=O. The minimum absolute atomic E-state index is 0.156. The number of carbonyl (C=O) groups excluding carboxylic acids is 2. The number of esters is 1. The first-order chi connectivity index (χ1) is 7.53. The van der Waals surface area contributed by atoms with Gasteiger partial charge in [-0.3, -0.25) is 4.79 Å². The highest BCUT2D eigenvalue weighted by Gasteiger charge is 2.50. The number of amides is 1. The third-order valence-electron chi connectivity index (χ3n) is 2.67. The number of β-lactam (4-membered cyclic amide) rings is 1. The zero-order valence-electron chi connectivity index (χ0n) is 9.27. The van der Waals surface area contributed by atoms with Crippen molar-refractivity contribution < 1.29 is 14.3 Å². The Morgan fingerprint density at radius 2 is 2.00 bits per heavy atom. The fourth-order valence-electron chi connectivity index (χ4n) is 1.82. The molecule has 1 atom stereocenters. The van der Waals surface area contributed by atoms with Crippen molar-refractivity contribution in [3.05, 3.63) is 35.9 Å². The van der Waals surface area contributed by atoms with E-state index in [1.54, 1.807) is 38.2 Å². The number of benzene rings is 1. The van der Waals surface area contributed by atoms with Crippen LogP contribution in [0.2, 0.25) is 0 Å². The quantitative estimate of drug-likeness (QED) is 0.552. The second kappa shape index (κ2) is 3.63. The molecule has 4 heteroatoms. The Morgan fingerprint density at radius 3 is 2.50 bits per heavy atom. The predicted octanol–water partition coefficient (Wildman–Crippen LogP) is 1.07. The van der Waals surface area contributed by atoms with Gasteiger partial charge in [0.2, 0.25) is 5.60 Å². The highest BCUT2D eigenvalue weighted by Crippen LogP contribution is 2.25. The lowest BCUT2D eigenvalue weighted by Crippen LogP contribution is -2.65. The summed E-state index contributed by atoms with van der Waals surface area (Å²) in [5.74, 6) is -0.610. The van der Waals surface area contributed by atoms with E-state index < -0.39 is 11.6 Å². The maximum absolute atomic E-state index is 11.7.